The molecule has 0 spiro atoms. The van der Waals surface area contributed by atoms with Crippen LogP contribution in [0.3, 0.4) is 0 Å². The van der Waals surface area contributed by atoms with E-state index in [0.717, 1.165) is 0 Å². The summed E-state index contributed by atoms with van der Waals surface area (Å²) in [6, 6.07) is 4.00. The average Bonchev–Trinajstić information content (AvgIpc) is 2.03. The van der Waals surface area contributed by atoms with E-state index >= 15 is 0 Å². The maximum Gasteiger partial charge on any atom is 0.0273 e. The van der Waals surface area contributed by atoms with Crippen molar-refractivity contribution < 1.29 is 0 Å². The lowest BCUT2D eigenvalue weighted by molar-refractivity contribution is 0.836. The lowest BCUT2D eigenvalue weighted by atomic mass is 10.1. The van der Waals surface area contributed by atoms with Gasteiger partial charge in [0, 0.05) is 12.4 Å². The number of hydrogen-bond acceptors (Lipinski definition) is 1. The fourth-order valence-corrected chi connectivity index (χ4v) is 0.778. The molecule has 0 fully saturated rings. The molecular weight excluding hydrogens is 134 g/mol. The molecule has 0 amide bonds. The van der Waals surface area contributed by atoms with Crippen molar-refractivity contribution >= 4 is 6.08 Å². The van der Waals surface area contributed by atoms with E-state index in [9.17, 15) is 0 Å². The number of aromatic nitrogens is 1. The molecule has 0 aliphatic heterocycles. The molecular formula is C10H13N. The highest BCUT2D eigenvalue weighted by Crippen LogP contribution is 2.02. The van der Waals surface area contributed by atoms with Crippen LogP contribution in [0.2, 0.25) is 0 Å². The summed E-state index contributed by atoms with van der Waals surface area (Å²) in [6.07, 6.45) is 7.90. The summed E-state index contributed by atoms with van der Waals surface area (Å²) in [4.78, 5) is 3.94. The van der Waals surface area contributed by atoms with Crippen LogP contribution < -0.4 is 0 Å². The summed E-state index contributed by atoms with van der Waals surface area (Å²) >= 11 is 0. The van der Waals surface area contributed by atoms with E-state index < -0.39 is 0 Å². The van der Waals surface area contributed by atoms with Crippen LogP contribution in [0.1, 0.15) is 19.4 Å². The van der Waals surface area contributed by atoms with Crippen LogP contribution in [0.25, 0.3) is 6.08 Å². The number of pyridine rings is 1. The smallest absolute Gasteiger partial charge is 0.0273 e. The van der Waals surface area contributed by atoms with Crippen LogP contribution in [0.4, 0.5) is 0 Å². The van der Waals surface area contributed by atoms with Gasteiger partial charge in [0.15, 0.2) is 0 Å². The van der Waals surface area contributed by atoms with Gasteiger partial charge in [-0.05, 0) is 23.6 Å². The van der Waals surface area contributed by atoms with Crippen molar-refractivity contribution in [2.75, 3.05) is 0 Å². The third-order valence-corrected chi connectivity index (χ3v) is 1.38. The summed E-state index contributed by atoms with van der Waals surface area (Å²) in [7, 11) is 0. The van der Waals surface area contributed by atoms with Gasteiger partial charge in [-0.1, -0.05) is 26.0 Å². The zero-order chi connectivity index (χ0) is 8.10. The predicted octanol–water partition coefficient (Wildman–Crippen LogP) is 2.75. The standard InChI is InChI=1S/C10H13N/c1-9(2)3-4-10-5-7-11-8-6-10/h3-9H,1-2H3. The molecule has 11 heavy (non-hydrogen) atoms. The van der Waals surface area contributed by atoms with Gasteiger partial charge in [-0.3, -0.25) is 4.98 Å². The van der Waals surface area contributed by atoms with E-state index in [2.05, 4.69) is 31.0 Å². The number of nitrogens with zero attached hydrogens (tertiary/aromatic N) is 1. The van der Waals surface area contributed by atoms with Gasteiger partial charge in [0.1, 0.15) is 0 Å². The van der Waals surface area contributed by atoms with Crippen LogP contribution in [-0.2, 0) is 0 Å². The van der Waals surface area contributed by atoms with Gasteiger partial charge >= 0.3 is 0 Å². The minimum absolute atomic E-state index is 0.614. The molecule has 0 saturated heterocycles. The zero-order valence-electron chi connectivity index (χ0n) is 6.99. The van der Waals surface area contributed by atoms with Crippen molar-refractivity contribution in [1.82, 2.24) is 4.98 Å². The highest BCUT2D eigenvalue weighted by Gasteiger charge is 1.85. The minimum Gasteiger partial charge on any atom is -0.265 e. The fraction of sp³-hybridized carbons (Fsp3) is 0.300. The summed E-state index contributed by atoms with van der Waals surface area (Å²) in [6.45, 7) is 4.33. The fourth-order valence-electron chi connectivity index (χ4n) is 0.778. The first-order chi connectivity index (χ1) is 5.29. The van der Waals surface area contributed by atoms with Gasteiger partial charge in [0.05, 0.1) is 0 Å². The first-order valence-corrected chi connectivity index (χ1v) is 3.87. The van der Waals surface area contributed by atoms with Gasteiger partial charge in [-0.15, -0.1) is 0 Å². The molecule has 0 aromatic carbocycles. The van der Waals surface area contributed by atoms with Crippen molar-refractivity contribution in [2.24, 2.45) is 5.92 Å². The summed E-state index contributed by atoms with van der Waals surface area (Å²) in [5.74, 6) is 0.614. The quantitative estimate of drug-likeness (QED) is 0.626. The van der Waals surface area contributed by atoms with Crippen molar-refractivity contribution in [2.45, 2.75) is 13.8 Å². The molecule has 1 nitrogen and oxygen atoms in total. The third-order valence-electron chi connectivity index (χ3n) is 1.38. The molecule has 0 radical (unpaired) electrons. The highest BCUT2D eigenvalue weighted by atomic mass is 14.6. The molecule has 1 aromatic rings. The van der Waals surface area contributed by atoms with Crippen molar-refractivity contribution in [3.05, 3.63) is 36.2 Å². The number of rotatable bonds is 2. The van der Waals surface area contributed by atoms with E-state index in [1.165, 1.54) is 5.56 Å². The molecule has 0 bridgehead atoms. The van der Waals surface area contributed by atoms with E-state index in [1.54, 1.807) is 12.4 Å². The molecule has 58 valence electrons. The Labute approximate surface area is 67.8 Å². The second-order valence-corrected chi connectivity index (χ2v) is 2.88. The monoisotopic (exact) mass is 147 g/mol. The maximum absolute atomic E-state index is 3.94. The number of hydrogen-bond donors (Lipinski definition) is 0. The van der Waals surface area contributed by atoms with Crippen molar-refractivity contribution in [3.63, 3.8) is 0 Å². The highest BCUT2D eigenvalue weighted by molar-refractivity contribution is 5.47. The normalized spacial score (nSPS) is 11.2. The first kappa shape index (κ1) is 7.99. The largest absolute Gasteiger partial charge is 0.265 e. The predicted molar refractivity (Wildman–Crippen MR) is 48.1 cm³/mol. The molecule has 1 heterocycles. The van der Waals surface area contributed by atoms with Crippen LogP contribution in [0, 0.1) is 5.92 Å². The zero-order valence-corrected chi connectivity index (χ0v) is 6.99. The van der Waals surface area contributed by atoms with Gasteiger partial charge in [0.2, 0.25) is 0 Å². The van der Waals surface area contributed by atoms with Crippen LogP contribution in [0.5, 0.6) is 0 Å². The van der Waals surface area contributed by atoms with Crippen LogP contribution >= 0.6 is 0 Å². The van der Waals surface area contributed by atoms with Gasteiger partial charge in [0.25, 0.3) is 0 Å². The second-order valence-electron chi connectivity index (χ2n) is 2.88. The second kappa shape index (κ2) is 3.91. The van der Waals surface area contributed by atoms with E-state index in [0.29, 0.717) is 5.92 Å². The Kier molecular flexibility index (Phi) is 2.84. The van der Waals surface area contributed by atoms with E-state index in [4.69, 9.17) is 0 Å². The Balaban J connectivity index is 2.65. The Morgan fingerprint density at radius 3 is 2.45 bits per heavy atom. The molecule has 0 aliphatic carbocycles. The van der Waals surface area contributed by atoms with Crippen LogP contribution in [-0.4, -0.2) is 4.98 Å². The first-order valence-electron chi connectivity index (χ1n) is 3.87. The molecule has 0 aliphatic rings. The Hall–Kier alpha value is -1.11. The third kappa shape index (κ3) is 2.99. The molecule has 0 N–H and O–H groups in total. The Morgan fingerprint density at radius 2 is 1.91 bits per heavy atom. The van der Waals surface area contributed by atoms with Gasteiger partial charge < -0.3 is 0 Å². The summed E-state index contributed by atoms with van der Waals surface area (Å²) in [5.41, 5.74) is 1.22. The number of allylic oxidation sites excluding steroid dienone is 1. The lowest BCUT2D eigenvalue weighted by Crippen LogP contribution is -1.77. The molecule has 1 rings (SSSR count). The lowest BCUT2D eigenvalue weighted by Gasteiger charge is -1.93. The van der Waals surface area contributed by atoms with Crippen molar-refractivity contribution in [3.8, 4) is 0 Å². The van der Waals surface area contributed by atoms with E-state index in [1.807, 2.05) is 12.1 Å². The average molecular weight is 147 g/mol. The van der Waals surface area contributed by atoms with Gasteiger partial charge in [-0.2, -0.15) is 0 Å². The molecule has 1 heteroatoms. The maximum atomic E-state index is 3.94. The Morgan fingerprint density at radius 1 is 1.27 bits per heavy atom. The summed E-state index contributed by atoms with van der Waals surface area (Å²) in [5, 5.41) is 0. The van der Waals surface area contributed by atoms with Crippen molar-refractivity contribution in [1.29, 1.82) is 0 Å². The molecule has 0 unspecified atom stereocenters. The molecule has 0 atom stereocenters. The van der Waals surface area contributed by atoms with Crippen LogP contribution in [0.15, 0.2) is 30.6 Å². The summed E-state index contributed by atoms with van der Waals surface area (Å²) < 4.78 is 0. The SMILES string of the molecule is CC(C)C=Cc1ccncc1. The molecule has 0 saturated carbocycles. The minimum atomic E-state index is 0.614. The Bertz CT molecular complexity index is 224. The molecule has 1 aromatic heterocycles. The topological polar surface area (TPSA) is 12.9 Å². The van der Waals surface area contributed by atoms with Gasteiger partial charge in [-0.25, -0.2) is 0 Å². The van der Waals surface area contributed by atoms with E-state index in [-0.39, 0.29) is 0 Å².